The van der Waals surface area contributed by atoms with Gasteiger partial charge in [0.15, 0.2) is 11.0 Å². The number of aryl methyl sites for hydroxylation is 1. The van der Waals surface area contributed by atoms with E-state index in [0.717, 1.165) is 5.56 Å². The van der Waals surface area contributed by atoms with Gasteiger partial charge in [0.25, 0.3) is 5.91 Å². The Morgan fingerprint density at radius 2 is 1.76 bits per heavy atom. The summed E-state index contributed by atoms with van der Waals surface area (Å²) in [5.74, 6) is 0.508. The molecule has 2 N–H and O–H groups in total. The Bertz CT molecular complexity index is 1160. The molecule has 3 rings (SSSR count). The molecule has 0 aliphatic carbocycles. The first-order valence-corrected chi connectivity index (χ1v) is 12.6. The second kappa shape index (κ2) is 11.7. The van der Waals surface area contributed by atoms with Crippen molar-refractivity contribution in [3.05, 3.63) is 69.5 Å². The largest absolute Gasteiger partial charge is 0.342 e. The Morgan fingerprint density at radius 3 is 2.38 bits per heavy atom. The van der Waals surface area contributed by atoms with Crippen LogP contribution in [0.5, 0.6) is 0 Å². The van der Waals surface area contributed by atoms with E-state index in [-0.39, 0.29) is 29.5 Å². The van der Waals surface area contributed by atoms with E-state index in [2.05, 4.69) is 20.8 Å². The summed E-state index contributed by atoms with van der Waals surface area (Å²) >= 11 is 13.2. The molecule has 3 aromatic rings. The van der Waals surface area contributed by atoms with Crippen LogP contribution in [0.3, 0.4) is 0 Å². The van der Waals surface area contributed by atoms with E-state index in [1.54, 1.807) is 30.3 Å². The van der Waals surface area contributed by atoms with Crippen LogP contribution in [0, 0.1) is 12.8 Å². The highest BCUT2D eigenvalue weighted by atomic mass is 35.5. The summed E-state index contributed by atoms with van der Waals surface area (Å²) in [6.45, 7) is 8.60. The van der Waals surface area contributed by atoms with Gasteiger partial charge >= 0.3 is 0 Å². The van der Waals surface area contributed by atoms with Gasteiger partial charge in [0.2, 0.25) is 5.91 Å². The van der Waals surface area contributed by atoms with Crippen molar-refractivity contribution in [2.24, 2.45) is 5.92 Å². The lowest BCUT2D eigenvalue weighted by molar-refractivity contribution is -0.113. The summed E-state index contributed by atoms with van der Waals surface area (Å²) in [4.78, 5) is 25.3. The number of thioether (sulfide) groups is 1. The molecular weight excluding hydrogens is 493 g/mol. The van der Waals surface area contributed by atoms with Gasteiger partial charge in [-0.25, -0.2) is 0 Å². The molecule has 0 radical (unpaired) electrons. The highest BCUT2D eigenvalue weighted by molar-refractivity contribution is 7.99. The molecular formula is C24H27Cl2N5O2S. The van der Waals surface area contributed by atoms with E-state index >= 15 is 0 Å². The maximum Gasteiger partial charge on any atom is 0.251 e. The van der Waals surface area contributed by atoms with E-state index in [1.807, 2.05) is 44.4 Å². The van der Waals surface area contributed by atoms with Gasteiger partial charge in [-0.1, -0.05) is 66.5 Å². The minimum Gasteiger partial charge on any atom is -0.342 e. The Morgan fingerprint density at radius 1 is 1.06 bits per heavy atom. The van der Waals surface area contributed by atoms with Crippen molar-refractivity contribution in [3.63, 3.8) is 0 Å². The van der Waals surface area contributed by atoms with Gasteiger partial charge in [-0.3, -0.25) is 9.59 Å². The quantitative estimate of drug-likeness (QED) is 0.350. The second-order valence-corrected chi connectivity index (χ2v) is 9.87. The summed E-state index contributed by atoms with van der Waals surface area (Å²) in [6, 6.07) is 12.0. The van der Waals surface area contributed by atoms with E-state index in [0.29, 0.717) is 38.8 Å². The Hall–Kier alpha value is -2.55. The number of carbonyl (C=O) groups is 2. The number of amides is 2. The molecule has 10 heteroatoms. The molecule has 0 unspecified atom stereocenters. The van der Waals surface area contributed by atoms with Crippen molar-refractivity contribution < 1.29 is 9.59 Å². The van der Waals surface area contributed by atoms with Gasteiger partial charge in [-0.05, 0) is 50.1 Å². The molecule has 180 valence electrons. The van der Waals surface area contributed by atoms with E-state index in [1.165, 1.54) is 11.8 Å². The van der Waals surface area contributed by atoms with Crippen molar-refractivity contribution in [3.8, 4) is 0 Å². The van der Waals surface area contributed by atoms with Gasteiger partial charge in [0.1, 0.15) is 0 Å². The van der Waals surface area contributed by atoms with E-state index < -0.39 is 0 Å². The van der Waals surface area contributed by atoms with Gasteiger partial charge in [-0.15, -0.1) is 10.2 Å². The molecule has 0 aliphatic heterocycles. The van der Waals surface area contributed by atoms with Crippen molar-refractivity contribution in [1.82, 2.24) is 20.1 Å². The SMILES string of the molecule is CCn1c(SCC(=O)Nc2ccc(Cl)c(Cl)c2)nnc1[C@H](NC(=O)c1ccc(C)cc1)C(C)C. The number of benzene rings is 2. The highest BCUT2D eigenvalue weighted by Gasteiger charge is 2.26. The third-order valence-corrected chi connectivity index (χ3v) is 6.85. The van der Waals surface area contributed by atoms with Crippen molar-refractivity contribution in [2.75, 3.05) is 11.1 Å². The molecule has 0 saturated carbocycles. The third-order valence-electron chi connectivity index (χ3n) is 5.14. The van der Waals surface area contributed by atoms with Crippen LogP contribution in [0.25, 0.3) is 0 Å². The fourth-order valence-electron chi connectivity index (χ4n) is 3.29. The number of nitrogens with one attached hydrogen (secondary N) is 2. The molecule has 0 bridgehead atoms. The number of hydrogen-bond acceptors (Lipinski definition) is 5. The zero-order valence-electron chi connectivity index (χ0n) is 19.4. The van der Waals surface area contributed by atoms with Crippen molar-refractivity contribution >= 4 is 52.5 Å². The van der Waals surface area contributed by atoms with Crippen molar-refractivity contribution in [2.45, 2.75) is 45.4 Å². The number of anilines is 1. The second-order valence-electron chi connectivity index (χ2n) is 8.11. The van der Waals surface area contributed by atoms with Crippen LogP contribution < -0.4 is 10.6 Å². The fraction of sp³-hybridized carbons (Fsp3) is 0.333. The average molecular weight is 520 g/mol. The number of nitrogens with zero attached hydrogens (tertiary/aromatic N) is 3. The van der Waals surface area contributed by atoms with Crippen LogP contribution in [0.15, 0.2) is 47.6 Å². The smallest absolute Gasteiger partial charge is 0.251 e. The predicted octanol–water partition coefficient (Wildman–Crippen LogP) is 5.77. The highest BCUT2D eigenvalue weighted by Crippen LogP contribution is 2.27. The summed E-state index contributed by atoms with van der Waals surface area (Å²) in [5, 5.41) is 15.9. The molecule has 1 aromatic heterocycles. The molecule has 7 nitrogen and oxygen atoms in total. The lowest BCUT2D eigenvalue weighted by Crippen LogP contribution is -2.33. The molecule has 0 aliphatic rings. The lowest BCUT2D eigenvalue weighted by Gasteiger charge is -2.22. The number of rotatable bonds is 9. The van der Waals surface area contributed by atoms with Crippen LogP contribution in [0.2, 0.25) is 10.0 Å². The van der Waals surface area contributed by atoms with Gasteiger partial charge in [-0.2, -0.15) is 0 Å². The number of hydrogen-bond donors (Lipinski definition) is 2. The molecule has 0 spiro atoms. The predicted molar refractivity (Wildman–Crippen MR) is 138 cm³/mol. The molecule has 1 heterocycles. The Kier molecular flexibility index (Phi) is 8.99. The van der Waals surface area contributed by atoms with Crippen LogP contribution in [0.4, 0.5) is 5.69 Å². The first kappa shape index (κ1) is 26.1. The van der Waals surface area contributed by atoms with Crippen molar-refractivity contribution in [1.29, 1.82) is 0 Å². The van der Waals surface area contributed by atoms with E-state index in [4.69, 9.17) is 23.2 Å². The van der Waals surface area contributed by atoms with Crippen LogP contribution in [0.1, 0.15) is 48.6 Å². The standard InChI is InChI=1S/C24H27Cl2N5O2S/c1-5-31-22(21(14(2)3)28-23(33)16-8-6-15(4)7-9-16)29-30-24(31)34-13-20(32)27-17-10-11-18(25)19(26)12-17/h6-12,14,21H,5,13H2,1-4H3,(H,27,32)(H,28,33)/t21-/m1/s1. The lowest BCUT2D eigenvalue weighted by atomic mass is 10.0. The summed E-state index contributed by atoms with van der Waals surface area (Å²) in [7, 11) is 0. The number of aromatic nitrogens is 3. The number of carbonyl (C=O) groups excluding carboxylic acids is 2. The maximum absolute atomic E-state index is 12.8. The van der Waals surface area contributed by atoms with Gasteiger partial charge < -0.3 is 15.2 Å². The average Bonchev–Trinajstić information content (AvgIpc) is 3.21. The Balaban J connectivity index is 1.70. The zero-order chi connectivity index (χ0) is 24.8. The number of halogens is 2. The maximum atomic E-state index is 12.8. The molecule has 2 amide bonds. The topological polar surface area (TPSA) is 88.9 Å². The molecule has 1 atom stereocenters. The third kappa shape index (κ3) is 6.52. The molecule has 0 fully saturated rings. The first-order chi connectivity index (χ1) is 16.2. The summed E-state index contributed by atoms with van der Waals surface area (Å²) in [6.07, 6.45) is 0. The summed E-state index contributed by atoms with van der Waals surface area (Å²) in [5.41, 5.74) is 2.25. The monoisotopic (exact) mass is 519 g/mol. The van der Waals surface area contributed by atoms with Crippen LogP contribution in [-0.2, 0) is 11.3 Å². The van der Waals surface area contributed by atoms with Crippen LogP contribution in [-0.4, -0.2) is 32.3 Å². The molecule has 2 aromatic carbocycles. The normalized spacial score (nSPS) is 12.0. The van der Waals surface area contributed by atoms with Crippen LogP contribution >= 0.6 is 35.0 Å². The minimum atomic E-state index is -0.333. The fourth-order valence-corrected chi connectivity index (χ4v) is 4.40. The van der Waals surface area contributed by atoms with E-state index in [9.17, 15) is 9.59 Å². The molecule has 34 heavy (non-hydrogen) atoms. The first-order valence-electron chi connectivity index (χ1n) is 10.9. The van der Waals surface area contributed by atoms with Gasteiger partial charge in [0, 0.05) is 17.8 Å². The Labute approximate surface area is 213 Å². The molecule has 0 saturated heterocycles. The zero-order valence-corrected chi connectivity index (χ0v) is 21.8. The van der Waals surface area contributed by atoms with Gasteiger partial charge in [0.05, 0.1) is 21.8 Å². The summed E-state index contributed by atoms with van der Waals surface area (Å²) < 4.78 is 1.93. The minimum absolute atomic E-state index is 0.0831.